The minimum absolute atomic E-state index is 0.133. The average molecular weight is 310 g/mol. The fourth-order valence-electron chi connectivity index (χ4n) is 5.74. The first-order valence-corrected chi connectivity index (χ1v) is 8.51. The third-order valence-corrected chi connectivity index (χ3v) is 7.31. The minimum atomic E-state index is -1.28. The highest BCUT2D eigenvalue weighted by Crippen LogP contribution is 2.82. The van der Waals surface area contributed by atoms with Crippen molar-refractivity contribution >= 4 is 0 Å². The number of nitrogens with two attached hydrogens (primary N) is 4. The second-order valence-electron chi connectivity index (χ2n) is 8.79. The first kappa shape index (κ1) is 15.3. The van der Waals surface area contributed by atoms with E-state index in [1.165, 1.54) is 12.8 Å². The molecule has 0 aromatic heterocycles. The van der Waals surface area contributed by atoms with E-state index in [4.69, 9.17) is 32.4 Å². The molecule has 0 bridgehead atoms. The van der Waals surface area contributed by atoms with Crippen molar-refractivity contribution in [3.05, 3.63) is 0 Å². The van der Waals surface area contributed by atoms with Crippen molar-refractivity contribution in [1.82, 2.24) is 0 Å². The summed E-state index contributed by atoms with van der Waals surface area (Å²) < 4.78 is 12.2. The van der Waals surface area contributed by atoms with E-state index in [0.717, 1.165) is 11.8 Å². The summed E-state index contributed by atoms with van der Waals surface area (Å²) in [5.74, 6) is 2.54. The molecule has 0 aromatic rings. The van der Waals surface area contributed by atoms with Crippen molar-refractivity contribution < 1.29 is 9.47 Å². The normalized spacial score (nSPS) is 50.2. The van der Waals surface area contributed by atoms with E-state index < -0.39 is 17.1 Å². The molecule has 1 saturated heterocycles. The monoisotopic (exact) mass is 310 g/mol. The molecule has 0 radical (unpaired) electrons. The van der Waals surface area contributed by atoms with Gasteiger partial charge in [-0.05, 0) is 36.0 Å². The lowest BCUT2D eigenvalue weighted by Crippen LogP contribution is -2.79. The molecule has 4 aliphatic rings. The molecule has 6 heteroatoms. The van der Waals surface area contributed by atoms with Gasteiger partial charge in [0.05, 0.1) is 13.2 Å². The van der Waals surface area contributed by atoms with Gasteiger partial charge in [-0.3, -0.25) is 0 Å². The van der Waals surface area contributed by atoms with E-state index in [1.807, 2.05) is 0 Å². The van der Waals surface area contributed by atoms with E-state index in [-0.39, 0.29) is 13.2 Å². The van der Waals surface area contributed by atoms with Gasteiger partial charge in [0.2, 0.25) is 0 Å². The zero-order chi connectivity index (χ0) is 16.1. The van der Waals surface area contributed by atoms with E-state index in [0.29, 0.717) is 23.2 Å². The fraction of sp³-hybridized carbons (Fsp3) is 1.00. The van der Waals surface area contributed by atoms with Crippen LogP contribution in [0.1, 0.15) is 33.6 Å². The Bertz CT molecular complexity index is 480. The van der Waals surface area contributed by atoms with E-state index in [1.54, 1.807) is 0 Å². The molecule has 5 unspecified atom stereocenters. The molecule has 3 aliphatic carbocycles. The van der Waals surface area contributed by atoms with Gasteiger partial charge in [-0.25, -0.2) is 0 Å². The average Bonchev–Trinajstić information content (AvgIpc) is 3.14. The van der Waals surface area contributed by atoms with Crippen LogP contribution in [0.4, 0.5) is 0 Å². The molecular weight excluding hydrogens is 280 g/mol. The van der Waals surface area contributed by atoms with Crippen molar-refractivity contribution in [1.29, 1.82) is 0 Å². The zero-order valence-electron chi connectivity index (χ0n) is 13.8. The molecule has 3 saturated carbocycles. The van der Waals surface area contributed by atoms with Crippen LogP contribution in [0.2, 0.25) is 0 Å². The standard InChI is InChI=1S/C16H30N4O2/c1-8(2)10-4-13(10)5-11-12(13)9(3)16(11)21-6-14(17,18)15(19,20)7-22-16/h8-12H,4-7,17-20H2,1-3H3. The molecule has 22 heavy (non-hydrogen) atoms. The van der Waals surface area contributed by atoms with Crippen LogP contribution in [-0.4, -0.2) is 30.3 Å². The summed E-state index contributed by atoms with van der Waals surface area (Å²) in [7, 11) is 0. The molecule has 0 aromatic carbocycles. The Labute approximate surface area is 132 Å². The lowest BCUT2D eigenvalue weighted by Gasteiger charge is -2.69. The van der Waals surface area contributed by atoms with Crippen molar-refractivity contribution in [2.75, 3.05) is 13.2 Å². The van der Waals surface area contributed by atoms with Crippen molar-refractivity contribution in [2.24, 2.45) is 57.9 Å². The van der Waals surface area contributed by atoms with E-state index in [9.17, 15) is 0 Å². The maximum absolute atomic E-state index is 6.11. The molecule has 8 N–H and O–H groups in total. The maximum atomic E-state index is 6.11. The Hall–Kier alpha value is -0.240. The minimum Gasteiger partial charge on any atom is -0.346 e. The molecule has 0 amide bonds. The Morgan fingerprint density at radius 3 is 1.91 bits per heavy atom. The summed E-state index contributed by atoms with van der Waals surface area (Å²) in [5.41, 5.74) is 22.2. The largest absolute Gasteiger partial charge is 0.346 e. The second kappa shape index (κ2) is 4.05. The quantitative estimate of drug-likeness (QED) is 0.502. The summed E-state index contributed by atoms with van der Waals surface area (Å²) in [6.07, 6.45) is 2.55. The number of ether oxygens (including phenoxy) is 2. The van der Waals surface area contributed by atoms with E-state index in [2.05, 4.69) is 20.8 Å². The van der Waals surface area contributed by atoms with Crippen LogP contribution in [-0.2, 0) is 9.47 Å². The third kappa shape index (κ3) is 1.56. The summed E-state index contributed by atoms with van der Waals surface area (Å²) in [4.78, 5) is 0. The van der Waals surface area contributed by atoms with Crippen LogP contribution >= 0.6 is 0 Å². The summed E-state index contributed by atoms with van der Waals surface area (Å²) in [6.45, 7) is 7.16. The molecule has 126 valence electrons. The van der Waals surface area contributed by atoms with E-state index >= 15 is 0 Å². The van der Waals surface area contributed by atoms with Gasteiger partial charge >= 0.3 is 0 Å². The molecule has 1 aliphatic heterocycles. The lowest BCUT2D eigenvalue weighted by atomic mass is 9.41. The van der Waals surface area contributed by atoms with Crippen molar-refractivity contribution in [3.8, 4) is 0 Å². The topological polar surface area (TPSA) is 123 Å². The number of fused-ring (bicyclic) bond motifs is 3. The highest BCUT2D eigenvalue weighted by Gasteiger charge is 2.82. The third-order valence-electron chi connectivity index (χ3n) is 7.31. The molecule has 2 spiro atoms. The van der Waals surface area contributed by atoms with Crippen LogP contribution in [0.15, 0.2) is 0 Å². The van der Waals surface area contributed by atoms with Crippen LogP contribution in [0, 0.1) is 35.0 Å². The predicted octanol–water partition coefficient (Wildman–Crippen LogP) is -0.0950. The first-order valence-electron chi connectivity index (χ1n) is 8.51. The van der Waals surface area contributed by atoms with Gasteiger partial charge in [0.25, 0.3) is 0 Å². The highest BCUT2D eigenvalue weighted by atomic mass is 16.7. The molecule has 4 fully saturated rings. The highest BCUT2D eigenvalue weighted by molar-refractivity contribution is 5.27. The van der Waals surface area contributed by atoms with Crippen molar-refractivity contribution in [2.45, 2.75) is 50.7 Å². The summed E-state index contributed by atoms with van der Waals surface area (Å²) >= 11 is 0. The molecule has 5 atom stereocenters. The molecule has 4 rings (SSSR count). The van der Waals surface area contributed by atoms with Crippen LogP contribution in [0.25, 0.3) is 0 Å². The van der Waals surface area contributed by atoms with Gasteiger partial charge in [-0.1, -0.05) is 20.8 Å². The number of hydrogen-bond acceptors (Lipinski definition) is 6. The van der Waals surface area contributed by atoms with Crippen LogP contribution in [0.3, 0.4) is 0 Å². The zero-order valence-corrected chi connectivity index (χ0v) is 13.8. The molecular formula is C16H30N4O2. The van der Waals surface area contributed by atoms with Gasteiger partial charge in [-0.2, -0.15) is 0 Å². The predicted molar refractivity (Wildman–Crippen MR) is 83.0 cm³/mol. The van der Waals surface area contributed by atoms with Gasteiger partial charge in [-0.15, -0.1) is 0 Å². The maximum Gasteiger partial charge on any atom is 0.174 e. The smallest absolute Gasteiger partial charge is 0.174 e. The Balaban J connectivity index is 1.52. The summed E-state index contributed by atoms with van der Waals surface area (Å²) in [5, 5.41) is 0. The van der Waals surface area contributed by atoms with Gasteiger partial charge in [0.15, 0.2) is 5.79 Å². The number of hydrogen-bond donors (Lipinski definition) is 4. The Kier molecular flexibility index (Phi) is 2.81. The van der Waals surface area contributed by atoms with Crippen LogP contribution < -0.4 is 22.9 Å². The second-order valence-corrected chi connectivity index (χ2v) is 8.79. The Morgan fingerprint density at radius 1 is 0.955 bits per heavy atom. The SMILES string of the molecule is CC(C)C1CC12CC1C2C(C)C12OCC(N)(N)C(N)(N)CO2. The molecule has 6 nitrogen and oxygen atoms in total. The van der Waals surface area contributed by atoms with Gasteiger partial charge < -0.3 is 32.4 Å². The van der Waals surface area contributed by atoms with Gasteiger partial charge in [0.1, 0.15) is 11.3 Å². The number of rotatable bonds is 1. The Morgan fingerprint density at radius 2 is 1.50 bits per heavy atom. The van der Waals surface area contributed by atoms with Crippen molar-refractivity contribution in [3.63, 3.8) is 0 Å². The fourth-order valence-corrected chi connectivity index (χ4v) is 5.74. The summed E-state index contributed by atoms with van der Waals surface area (Å²) in [6, 6.07) is 0. The molecule has 1 heterocycles. The lowest BCUT2D eigenvalue weighted by molar-refractivity contribution is -0.405. The van der Waals surface area contributed by atoms with Crippen LogP contribution in [0.5, 0.6) is 0 Å². The first-order chi connectivity index (χ1) is 10.1. The van der Waals surface area contributed by atoms with Gasteiger partial charge in [0, 0.05) is 11.8 Å².